The lowest BCUT2D eigenvalue weighted by atomic mass is 10.00. The molecule has 0 aliphatic rings. The molecule has 4 amide bonds. The summed E-state index contributed by atoms with van der Waals surface area (Å²) in [4.78, 5) is 60.1. The van der Waals surface area contributed by atoms with Gasteiger partial charge in [-0.25, -0.2) is 9.59 Å². The quantitative estimate of drug-likeness (QED) is 0.123. The molecule has 35 heavy (non-hydrogen) atoms. The summed E-state index contributed by atoms with van der Waals surface area (Å²) >= 11 is 0. The summed E-state index contributed by atoms with van der Waals surface area (Å²) in [7, 11) is 0. The Morgan fingerprint density at radius 3 is 2.00 bits per heavy atom. The first-order valence-electron chi connectivity index (χ1n) is 12.1. The van der Waals surface area contributed by atoms with Gasteiger partial charge in [0.15, 0.2) is 0 Å². The van der Waals surface area contributed by atoms with Crippen LogP contribution in [-0.4, -0.2) is 77.9 Å². The fourth-order valence-electron chi connectivity index (χ4n) is 3.15. The van der Waals surface area contributed by atoms with Crippen LogP contribution in [0.5, 0.6) is 0 Å². The van der Waals surface area contributed by atoms with Gasteiger partial charge >= 0.3 is 18.0 Å². The number of hydrogen-bond acceptors (Lipinski definition) is 7. The van der Waals surface area contributed by atoms with E-state index < -0.39 is 48.5 Å². The number of unbranched alkanes of at least 4 members (excludes halogenated alkanes) is 2. The van der Waals surface area contributed by atoms with Crippen molar-refractivity contribution in [1.82, 2.24) is 21.3 Å². The molecule has 202 valence electrons. The summed E-state index contributed by atoms with van der Waals surface area (Å²) in [6, 6.07) is -4.13. The first-order chi connectivity index (χ1) is 16.4. The van der Waals surface area contributed by atoms with E-state index in [4.69, 9.17) is 4.74 Å². The minimum absolute atomic E-state index is 0.000964. The predicted octanol–water partition coefficient (Wildman–Crippen LogP) is 0.526. The predicted molar refractivity (Wildman–Crippen MR) is 128 cm³/mol. The number of urea groups is 1. The SMILES string of the molecule is CCOC(=O)CCCCCNC(=O)N[C@@H](CO)C(=O)N[C@@H](CC(C)C)C(=O)N[C@H](C(=O)O)C(C)C. The van der Waals surface area contributed by atoms with Crippen molar-refractivity contribution >= 4 is 29.8 Å². The van der Waals surface area contributed by atoms with Gasteiger partial charge in [0.1, 0.15) is 18.1 Å². The molecule has 0 aromatic carbocycles. The molecule has 0 bridgehead atoms. The highest BCUT2D eigenvalue weighted by Gasteiger charge is 2.30. The van der Waals surface area contributed by atoms with Crippen molar-refractivity contribution < 1.29 is 38.9 Å². The fourth-order valence-corrected chi connectivity index (χ4v) is 3.15. The molecule has 0 aliphatic carbocycles. The number of aliphatic hydroxyl groups is 1. The molecule has 0 heterocycles. The number of rotatable bonds is 17. The Hall–Kier alpha value is -2.89. The van der Waals surface area contributed by atoms with E-state index in [1.807, 2.05) is 13.8 Å². The largest absolute Gasteiger partial charge is 0.480 e. The first kappa shape index (κ1) is 32.1. The third-order valence-electron chi connectivity index (χ3n) is 5.02. The van der Waals surface area contributed by atoms with Crippen LogP contribution in [0.1, 0.15) is 66.7 Å². The second-order valence-corrected chi connectivity index (χ2v) is 9.01. The van der Waals surface area contributed by atoms with E-state index in [0.717, 1.165) is 0 Å². The summed E-state index contributed by atoms with van der Waals surface area (Å²) in [5, 5.41) is 28.8. The van der Waals surface area contributed by atoms with Gasteiger partial charge in [0.05, 0.1) is 13.2 Å². The van der Waals surface area contributed by atoms with Gasteiger partial charge in [-0.3, -0.25) is 14.4 Å². The standard InChI is InChI=1S/C23H42N4O8/c1-6-35-18(29)10-8-7-9-11-24-23(34)26-17(13-28)21(31)25-16(12-14(2)3)20(30)27-19(15(4)5)22(32)33/h14-17,19,28H,6-13H2,1-5H3,(H,25,31)(H,27,30)(H,32,33)(H2,24,26,34)/t16-,17-,19-/m0/s1. The van der Waals surface area contributed by atoms with Gasteiger partial charge in [-0.15, -0.1) is 0 Å². The molecule has 0 radical (unpaired) electrons. The number of nitrogens with one attached hydrogen (secondary N) is 4. The lowest BCUT2D eigenvalue weighted by molar-refractivity contribution is -0.144. The van der Waals surface area contributed by atoms with E-state index in [1.165, 1.54) is 0 Å². The van der Waals surface area contributed by atoms with E-state index in [2.05, 4.69) is 21.3 Å². The zero-order valence-electron chi connectivity index (χ0n) is 21.4. The maximum absolute atomic E-state index is 12.7. The minimum atomic E-state index is -1.30. The van der Waals surface area contributed by atoms with Crippen LogP contribution in [0.3, 0.4) is 0 Å². The number of esters is 1. The normalized spacial score (nSPS) is 13.5. The van der Waals surface area contributed by atoms with Gasteiger partial charge in [0, 0.05) is 13.0 Å². The maximum atomic E-state index is 12.7. The zero-order chi connectivity index (χ0) is 27.0. The van der Waals surface area contributed by atoms with Crippen LogP contribution in [0, 0.1) is 11.8 Å². The van der Waals surface area contributed by atoms with Crippen LogP contribution < -0.4 is 21.3 Å². The van der Waals surface area contributed by atoms with Crippen molar-refractivity contribution in [3.63, 3.8) is 0 Å². The van der Waals surface area contributed by atoms with Gasteiger partial charge in [-0.05, 0) is 38.0 Å². The van der Waals surface area contributed by atoms with E-state index in [0.29, 0.717) is 38.8 Å². The lowest BCUT2D eigenvalue weighted by Crippen LogP contribution is -2.58. The van der Waals surface area contributed by atoms with Crippen molar-refractivity contribution in [3.8, 4) is 0 Å². The van der Waals surface area contributed by atoms with E-state index in [9.17, 15) is 34.2 Å². The molecule has 0 rings (SSSR count). The number of aliphatic carboxylic acids is 1. The van der Waals surface area contributed by atoms with Crippen LogP contribution >= 0.6 is 0 Å². The van der Waals surface area contributed by atoms with E-state index in [1.54, 1.807) is 20.8 Å². The average Bonchev–Trinajstić information content (AvgIpc) is 2.76. The van der Waals surface area contributed by atoms with Crippen molar-refractivity contribution in [2.75, 3.05) is 19.8 Å². The van der Waals surface area contributed by atoms with Crippen LogP contribution in [0.25, 0.3) is 0 Å². The lowest BCUT2D eigenvalue weighted by Gasteiger charge is -2.26. The minimum Gasteiger partial charge on any atom is -0.480 e. The highest BCUT2D eigenvalue weighted by atomic mass is 16.5. The number of carboxylic acid groups (broad SMARTS) is 1. The monoisotopic (exact) mass is 502 g/mol. The molecule has 3 atom stereocenters. The molecule has 12 nitrogen and oxygen atoms in total. The maximum Gasteiger partial charge on any atom is 0.326 e. The molecule has 0 unspecified atom stereocenters. The molecule has 0 saturated heterocycles. The van der Waals surface area contributed by atoms with Crippen LogP contribution in [0.4, 0.5) is 4.79 Å². The van der Waals surface area contributed by atoms with Crippen molar-refractivity contribution in [2.24, 2.45) is 11.8 Å². The number of hydrogen-bond donors (Lipinski definition) is 6. The molecular weight excluding hydrogens is 460 g/mol. The second-order valence-electron chi connectivity index (χ2n) is 9.01. The van der Waals surface area contributed by atoms with Crippen molar-refractivity contribution in [2.45, 2.75) is 84.8 Å². The number of ether oxygens (including phenoxy) is 1. The van der Waals surface area contributed by atoms with Crippen LogP contribution in [-0.2, 0) is 23.9 Å². The van der Waals surface area contributed by atoms with Crippen molar-refractivity contribution in [3.05, 3.63) is 0 Å². The molecule has 0 aromatic heterocycles. The number of amides is 4. The van der Waals surface area contributed by atoms with Gasteiger partial charge in [-0.2, -0.15) is 0 Å². The Kier molecular flexibility index (Phi) is 16.1. The number of carboxylic acids is 1. The van der Waals surface area contributed by atoms with Gasteiger partial charge in [0.2, 0.25) is 11.8 Å². The third-order valence-corrected chi connectivity index (χ3v) is 5.02. The smallest absolute Gasteiger partial charge is 0.326 e. The highest BCUT2D eigenvalue weighted by Crippen LogP contribution is 2.08. The van der Waals surface area contributed by atoms with E-state index in [-0.39, 0.29) is 24.2 Å². The Labute approximate surface area is 206 Å². The number of carbonyl (C=O) groups is 5. The van der Waals surface area contributed by atoms with Crippen LogP contribution in [0.2, 0.25) is 0 Å². The zero-order valence-corrected chi connectivity index (χ0v) is 21.4. The summed E-state index contributed by atoms with van der Waals surface area (Å²) in [6.07, 6.45) is 2.48. The van der Waals surface area contributed by atoms with Gasteiger partial charge in [0.25, 0.3) is 0 Å². The number of aliphatic hydroxyl groups excluding tert-OH is 1. The molecule has 6 N–H and O–H groups in total. The molecule has 0 aliphatic heterocycles. The Balaban J connectivity index is 4.76. The van der Waals surface area contributed by atoms with Crippen LogP contribution in [0.15, 0.2) is 0 Å². The van der Waals surface area contributed by atoms with E-state index >= 15 is 0 Å². The molecule has 0 saturated carbocycles. The van der Waals surface area contributed by atoms with Gasteiger partial charge < -0.3 is 36.2 Å². The first-order valence-corrected chi connectivity index (χ1v) is 12.1. The Bertz CT molecular complexity index is 699. The molecule has 0 fully saturated rings. The Morgan fingerprint density at radius 2 is 1.49 bits per heavy atom. The number of carbonyl (C=O) groups excluding carboxylic acids is 4. The summed E-state index contributed by atoms with van der Waals surface area (Å²) < 4.78 is 4.84. The topological polar surface area (TPSA) is 183 Å². The molecule has 0 spiro atoms. The molecule has 0 aromatic rings. The molecular formula is C23H42N4O8. The van der Waals surface area contributed by atoms with Crippen molar-refractivity contribution in [1.29, 1.82) is 0 Å². The summed E-state index contributed by atoms with van der Waals surface area (Å²) in [5.41, 5.74) is 0. The fraction of sp³-hybridized carbons (Fsp3) is 0.783. The highest BCUT2D eigenvalue weighted by molar-refractivity contribution is 5.93. The Morgan fingerprint density at radius 1 is 0.857 bits per heavy atom. The van der Waals surface area contributed by atoms with Gasteiger partial charge in [-0.1, -0.05) is 34.1 Å². The second kappa shape index (κ2) is 17.5. The summed E-state index contributed by atoms with van der Waals surface area (Å²) in [5.74, 6) is -3.24. The third kappa shape index (κ3) is 14.2. The summed E-state index contributed by atoms with van der Waals surface area (Å²) in [6.45, 7) is 8.67. The molecule has 12 heteroatoms. The average molecular weight is 503 g/mol.